The van der Waals surface area contributed by atoms with Crippen LogP contribution >= 0.6 is 0 Å². The van der Waals surface area contributed by atoms with Crippen LogP contribution in [0, 0.1) is 26.7 Å². The molecule has 40 heavy (non-hydrogen) atoms. The molecule has 2 aromatic carbocycles. The second kappa shape index (κ2) is 11.9. The molecule has 0 saturated heterocycles. The number of ketones is 1. The molecule has 8 nitrogen and oxygen atoms in total. The van der Waals surface area contributed by atoms with Gasteiger partial charge in [-0.05, 0) is 68.2 Å². The number of carbonyl (C=O) groups excluding carboxylic acids is 2. The Hall–Kier alpha value is -4.24. The number of allylic oxidation sites excluding steroid dienone is 4. The highest BCUT2D eigenvalue weighted by Crippen LogP contribution is 2.33. The minimum atomic E-state index is -4.41. The zero-order chi connectivity index (χ0) is 29.0. The van der Waals surface area contributed by atoms with Crippen molar-refractivity contribution in [1.82, 2.24) is 9.71 Å². The maximum Gasteiger partial charge on any atom is 0.270 e. The Labute approximate surface area is 234 Å². The third-order valence-electron chi connectivity index (χ3n) is 6.10. The fourth-order valence-corrected chi connectivity index (χ4v) is 5.38. The van der Waals surface area contributed by atoms with Gasteiger partial charge in [-0.2, -0.15) is 0 Å². The maximum atomic E-state index is 13.3. The van der Waals surface area contributed by atoms with Crippen molar-refractivity contribution >= 4 is 21.7 Å². The van der Waals surface area contributed by atoms with Gasteiger partial charge in [0.15, 0.2) is 5.78 Å². The van der Waals surface area contributed by atoms with Gasteiger partial charge in [-0.15, -0.1) is 0 Å². The van der Waals surface area contributed by atoms with Gasteiger partial charge in [0.25, 0.3) is 15.9 Å². The lowest BCUT2D eigenvalue weighted by atomic mass is 10.1. The van der Waals surface area contributed by atoms with Crippen molar-refractivity contribution in [2.45, 2.75) is 41.0 Å². The van der Waals surface area contributed by atoms with E-state index in [-0.39, 0.29) is 17.9 Å². The zero-order valence-electron chi connectivity index (χ0n) is 23.1. The van der Waals surface area contributed by atoms with E-state index in [2.05, 4.69) is 18.8 Å². The lowest BCUT2D eigenvalue weighted by molar-refractivity contribution is -0.114. The molecule has 0 radical (unpaired) electrons. The van der Waals surface area contributed by atoms with Crippen LogP contribution in [-0.2, 0) is 14.8 Å². The molecule has 1 heterocycles. The Bertz CT molecular complexity index is 1610. The molecule has 9 heteroatoms. The third kappa shape index (κ3) is 6.66. The van der Waals surface area contributed by atoms with Gasteiger partial charge in [-0.1, -0.05) is 55.8 Å². The number of benzene rings is 2. The fraction of sp³-hybridized carbons (Fsp3) is 0.258. The molecule has 0 unspecified atom stereocenters. The number of sulfonamides is 1. The summed E-state index contributed by atoms with van der Waals surface area (Å²) < 4.78 is 39.9. The molecule has 1 aromatic heterocycles. The SMILES string of the molecule is Cc1cc(C)c(Oc2nc(-c3cccc(OCC(C)C)c3)ccc2C(=O)NS(=O)(=O)C2=CC=CCC2=O)c(C)c1. The van der Waals surface area contributed by atoms with Crippen molar-refractivity contribution in [3.8, 4) is 28.6 Å². The number of hydrogen-bond acceptors (Lipinski definition) is 7. The Morgan fingerprint density at radius 3 is 2.45 bits per heavy atom. The number of aryl methyl sites for hydroxylation is 3. The topological polar surface area (TPSA) is 112 Å². The zero-order valence-corrected chi connectivity index (χ0v) is 24.0. The monoisotopic (exact) mass is 560 g/mol. The summed E-state index contributed by atoms with van der Waals surface area (Å²) in [5.74, 6) is -0.0957. The second-order valence-corrected chi connectivity index (χ2v) is 11.8. The van der Waals surface area contributed by atoms with E-state index in [9.17, 15) is 18.0 Å². The summed E-state index contributed by atoms with van der Waals surface area (Å²) in [5, 5.41) is 0. The minimum Gasteiger partial charge on any atom is -0.493 e. The molecule has 1 N–H and O–H groups in total. The number of ether oxygens (including phenoxy) is 2. The van der Waals surface area contributed by atoms with E-state index >= 15 is 0 Å². The number of nitrogens with one attached hydrogen (secondary N) is 1. The summed E-state index contributed by atoms with van der Waals surface area (Å²) in [6.45, 7) is 10.4. The van der Waals surface area contributed by atoms with Crippen LogP contribution in [-0.4, -0.2) is 31.7 Å². The number of aromatic nitrogens is 1. The first kappa shape index (κ1) is 28.8. The number of carbonyl (C=O) groups is 2. The van der Waals surface area contributed by atoms with Crippen LogP contribution in [0.3, 0.4) is 0 Å². The van der Waals surface area contributed by atoms with E-state index in [0.717, 1.165) is 22.3 Å². The molecular formula is C31H32N2O6S. The first-order chi connectivity index (χ1) is 18.9. The van der Waals surface area contributed by atoms with Gasteiger partial charge in [0.1, 0.15) is 22.0 Å². The van der Waals surface area contributed by atoms with E-state index in [1.165, 1.54) is 18.2 Å². The molecule has 208 valence electrons. The van der Waals surface area contributed by atoms with Gasteiger partial charge >= 0.3 is 0 Å². The van der Waals surface area contributed by atoms with Crippen LogP contribution in [0.15, 0.2) is 71.7 Å². The lowest BCUT2D eigenvalue weighted by Gasteiger charge is -2.17. The molecule has 0 aliphatic heterocycles. The van der Waals surface area contributed by atoms with Crippen molar-refractivity contribution < 1.29 is 27.5 Å². The van der Waals surface area contributed by atoms with Crippen molar-refractivity contribution in [1.29, 1.82) is 0 Å². The molecule has 0 fully saturated rings. The molecule has 0 atom stereocenters. The van der Waals surface area contributed by atoms with E-state index in [1.807, 2.05) is 61.9 Å². The first-order valence-corrected chi connectivity index (χ1v) is 14.4. The molecular weight excluding hydrogens is 528 g/mol. The first-order valence-electron chi connectivity index (χ1n) is 12.9. The van der Waals surface area contributed by atoms with Crippen LogP contribution in [0.5, 0.6) is 17.4 Å². The molecule has 0 spiro atoms. The molecule has 0 saturated carbocycles. The quantitative estimate of drug-likeness (QED) is 0.343. The van der Waals surface area contributed by atoms with Crippen molar-refractivity contribution in [2.24, 2.45) is 5.92 Å². The predicted molar refractivity (Wildman–Crippen MR) is 154 cm³/mol. The molecule has 1 aliphatic rings. The summed E-state index contributed by atoms with van der Waals surface area (Å²) in [7, 11) is -4.41. The summed E-state index contributed by atoms with van der Waals surface area (Å²) >= 11 is 0. The Kier molecular flexibility index (Phi) is 8.54. The van der Waals surface area contributed by atoms with Crippen LogP contribution in [0.4, 0.5) is 0 Å². The van der Waals surface area contributed by atoms with Crippen LogP contribution in [0.2, 0.25) is 0 Å². The van der Waals surface area contributed by atoms with Crippen molar-refractivity contribution in [2.75, 3.05) is 6.61 Å². The van der Waals surface area contributed by atoms with Crippen molar-refractivity contribution in [3.05, 3.63) is 93.9 Å². The molecule has 0 bridgehead atoms. The predicted octanol–water partition coefficient (Wildman–Crippen LogP) is 5.97. The van der Waals surface area contributed by atoms with Crippen LogP contribution < -0.4 is 14.2 Å². The summed E-state index contributed by atoms with van der Waals surface area (Å²) in [6.07, 6.45) is 4.13. The fourth-order valence-electron chi connectivity index (χ4n) is 4.28. The van der Waals surface area contributed by atoms with Gasteiger partial charge < -0.3 is 9.47 Å². The highest BCUT2D eigenvalue weighted by molar-refractivity contribution is 7.95. The van der Waals surface area contributed by atoms with E-state index < -0.39 is 26.6 Å². The number of amides is 1. The minimum absolute atomic E-state index is 0.0581. The molecule has 3 aromatic rings. The van der Waals surface area contributed by atoms with Gasteiger partial charge in [-0.25, -0.2) is 18.1 Å². The van der Waals surface area contributed by atoms with E-state index in [1.54, 1.807) is 12.1 Å². The number of nitrogens with zero attached hydrogens (tertiary/aromatic N) is 1. The van der Waals surface area contributed by atoms with Crippen LogP contribution in [0.1, 0.15) is 47.3 Å². The Balaban J connectivity index is 1.75. The Morgan fingerprint density at radius 2 is 1.77 bits per heavy atom. The van der Waals surface area contributed by atoms with Gasteiger partial charge in [0, 0.05) is 12.0 Å². The highest BCUT2D eigenvalue weighted by atomic mass is 32.2. The van der Waals surface area contributed by atoms with Crippen LogP contribution in [0.25, 0.3) is 11.3 Å². The van der Waals surface area contributed by atoms with E-state index in [0.29, 0.717) is 29.7 Å². The van der Waals surface area contributed by atoms with Gasteiger partial charge in [-0.3, -0.25) is 9.59 Å². The molecule has 4 rings (SSSR count). The number of Topliss-reactive ketones (excluding diaryl/α,β-unsaturated/α-hetero) is 1. The lowest BCUT2D eigenvalue weighted by Crippen LogP contribution is -2.34. The van der Waals surface area contributed by atoms with Gasteiger partial charge in [0.05, 0.1) is 12.3 Å². The van der Waals surface area contributed by atoms with E-state index in [4.69, 9.17) is 9.47 Å². The van der Waals surface area contributed by atoms with Crippen molar-refractivity contribution in [3.63, 3.8) is 0 Å². The standard InChI is InChI=1S/C31H32N2O6S/c1-19(2)18-38-24-10-8-9-23(17-24)26-14-13-25(30(35)33-40(36,37)28-12-7-6-11-27(28)34)31(32-26)39-29-21(4)15-20(3)16-22(29)5/h6-10,12-17,19H,11,18H2,1-5H3,(H,33,35). The molecule has 1 aliphatic carbocycles. The normalized spacial score (nSPS) is 13.2. The summed E-state index contributed by atoms with van der Waals surface area (Å²) in [4.78, 5) is 29.7. The Morgan fingerprint density at radius 1 is 1.05 bits per heavy atom. The second-order valence-electron chi connectivity index (χ2n) is 10.1. The number of rotatable bonds is 9. The third-order valence-corrected chi connectivity index (χ3v) is 7.50. The summed E-state index contributed by atoms with van der Waals surface area (Å²) in [5.41, 5.74) is 3.84. The average molecular weight is 561 g/mol. The average Bonchev–Trinajstić information content (AvgIpc) is 2.89. The molecule has 1 amide bonds. The van der Waals surface area contributed by atoms with Gasteiger partial charge in [0.2, 0.25) is 5.88 Å². The highest BCUT2D eigenvalue weighted by Gasteiger charge is 2.29. The largest absolute Gasteiger partial charge is 0.493 e. The number of pyridine rings is 1. The smallest absolute Gasteiger partial charge is 0.270 e. The number of hydrogen-bond donors (Lipinski definition) is 1. The summed E-state index contributed by atoms with van der Waals surface area (Å²) in [6, 6.07) is 14.4. The maximum absolute atomic E-state index is 13.3.